The third kappa shape index (κ3) is 4.01. The highest BCUT2D eigenvalue weighted by Gasteiger charge is 2.37. The van der Waals surface area contributed by atoms with Crippen LogP contribution in [-0.2, 0) is 4.79 Å². The number of ether oxygens (including phenoxy) is 1. The van der Waals surface area contributed by atoms with Gasteiger partial charge in [-0.2, -0.15) is 0 Å². The van der Waals surface area contributed by atoms with Crippen LogP contribution in [0.2, 0.25) is 0 Å². The van der Waals surface area contributed by atoms with Gasteiger partial charge in [-0.15, -0.1) is 6.58 Å². The number of urea groups is 1. The van der Waals surface area contributed by atoms with Crippen molar-refractivity contribution < 1.29 is 14.3 Å². The molecule has 0 atom stereocenters. The molecular formula is C22H25N3O3. The molecule has 3 rings (SSSR count). The highest BCUT2D eigenvalue weighted by Crippen LogP contribution is 2.38. The number of fused-ring (bicyclic) bond motifs is 1. The topological polar surface area (TPSA) is 70.7 Å². The van der Waals surface area contributed by atoms with Crippen molar-refractivity contribution in [3.8, 4) is 5.75 Å². The molecule has 0 saturated carbocycles. The molecule has 1 aliphatic heterocycles. The molecule has 6 nitrogen and oxygen atoms in total. The van der Waals surface area contributed by atoms with E-state index in [-0.39, 0.29) is 18.5 Å². The minimum atomic E-state index is -0.655. The lowest BCUT2D eigenvalue weighted by molar-refractivity contribution is -0.127. The summed E-state index contributed by atoms with van der Waals surface area (Å²) in [4.78, 5) is 26.8. The number of nitrogens with one attached hydrogen (secondary N) is 2. The van der Waals surface area contributed by atoms with Crippen molar-refractivity contribution in [3.05, 3.63) is 60.7 Å². The molecule has 3 amide bonds. The minimum absolute atomic E-state index is 0.0239. The number of carbonyl (C=O) groups is 2. The Balaban J connectivity index is 1.82. The molecule has 146 valence electrons. The summed E-state index contributed by atoms with van der Waals surface area (Å²) in [6.07, 6.45) is 1.69. The first-order valence-corrected chi connectivity index (χ1v) is 9.15. The summed E-state index contributed by atoms with van der Waals surface area (Å²) in [5.41, 5.74) is 2.31. The fourth-order valence-corrected chi connectivity index (χ4v) is 3.03. The molecule has 0 unspecified atom stereocenters. The molecule has 1 aliphatic rings. The zero-order valence-corrected chi connectivity index (χ0v) is 16.4. The van der Waals surface area contributed by atoms with Gasteiger partial charge in [0.15, 0.2) is 0 Å². The maximum atomic E-state index is 12.8. The fraction of sp³-hybridized carbons (Fsp3) is 0.273. The van der Waals surface area contributed by atoms with Crippen molar-refractivity contribution >= 4 is 29.0 Å². The number of carbonyl (C=O) groups excluding carboxylic acids is 2. The maximum absolute atomic E-state index is 12.8. The van der Waals surface area contributed by atoms with E-state index in [1.807, 2.05) is 45.0 Å². The first kappa shape index (κ1) is 19.5. The van der Waals surface area contributed by atoms with Crippen LogP contribution >= 0.6 is 0 Å². The smallest absolute Gasteiger partial charge is 0.323 e. The Bertz CT molecular complexity index is 921. The van der Waals surface area contributed by atoms with Gasteiger partial charge in [-0.25, -0.2) is 4.79 Å². The minimum Gasteiger partial charge on any atom is -0.490 e. The average Bonchev–Trinajstić information content (AvgIpc) is 2.74. The maximum Gasteiger partial charge on any atom is 0.323 e. The molecule has 0 bridgehead atoms. The molecule has 0 fully saturated rings. The number of anilines is 3. The molecule has 6 heteroatoms. The molecular weight excluding hydrogens is 354 g/mol. The Morgan fingerprint density at radius 2 is 2.00 bits per heavy atom. The molecule has 28 heavy (non-hydrogen) atoms. The van der Waals surface area contributed by atoms with E-state index in [2.05, 4.69) is 17.2 Å². The monoisotopic (exact) mass is 379 g/mol. The average molecular weight is 379 g/mol. The number of para-hydroxylation sites is 1. The Morgan fingerprint density at radius 3 is 2.71 bits per heavy atom. The van der Waals surface area contributed by atoms with Crippen LogP contribution in [0.25, 0.3) is 0 Å². The molecule has 0 aliphatic carbocycles. The largest absolute Gasteiger partial charge is 0.490 e. The number of aryl methyl sites for hydroxylation is 1. The van der Waals surface area contributed by atoms with Crippen molar-refractivity contribution in [1.82, 2.24) is 0 Å². The zero-order valence-electron chi connectivity index (χ0n) is 16.4. The van der Waals surface area contributed by atoms with Crippen molar-refractivity contribution in [2.45, 2.75) is 20.8 Å². The van der Waals surface area contributed by atoms with E-state index >= 15 is 0 Å². The van der Waals surface area contributed by atoms with E-state index in [9.17, 15) is 9.59 Å². The van der Waals surface area contributed by atoms with E-state index in [1.165, 1.54) is 0 Å². The van der Waals surface area contributed by atoms with Crippen LogP contribution in [0.1, 0.15) is 19.4 Å². The lowest BCUT2D eigenvalue weighted by Crippen LogP contribution is -2.42. The molecule has 1 heterocycles. The molecule has 2 N–H and O–H groups in total. The standard InChI is InChI=1S/C22H25N3O3/c1-5-12-25-18-11-10-16(13-19(18)28-14-22(3,4)20(25)26)23-21(27)24-17-9-7-6-8-15(17)2/h5-11,13H,1,12,14H2,2-4H3,(H2,23,24,27). The Labute approximate surface area is 165 Å². The van der Waals surface area contributed by atoms with Gasteiger partial charge in [0.2, 0.25) is 5.91 Å². The predicted molar refractivity (Wildman–Crippen MR) is 112 cm³/mol. The third-order valence-electron chi connectivity index (χ3n) is 4.63. The highest BCUT2D eigenvalue weighted by molar-refractivity contribution is 6.02. The van der Waals surface area contributed by atoms with Crippen molar-refractivity contribution in [2.24, 2.45) is 5.41 Å². The van der Waals surface area contributed by atoms with Crippen LogP contribution in [0, 0.1) is 12.3 Å². The van der Waals surface area contributed by atoms with Crippen LogP contribution in [0.15, 0.2) is 55.1 Å². The quantitative estimate of drug-likeness (QED) is 0.764. The number of amides is 3. The molecule has 0 spiro atoms. The number of rotatable bonds is 4. The van der Waals surface area contributed by atoms with Gasteiger partial charge < -0.3 is 20.3 Å². The van der Waals surface area contributed by atoms with Crippen molar-refractivity contribution in [1.29, 1.82) is 0 Å². The van der Waals surface area contributed by atoms with Gasteiger partial charge in [-0.05, 0) is 44.5 Å². The summed E-state index contributed by atoms with van der Waals surface area (Å²) in [6.45, 7) is 10.0. The first-order valence-electron chi connectivity index (χ1n) is 9.15. The van der Waals surface area contributed by atoms with Gasteiger partial charge in [0, 0.05) is 24.0 Å². The summed E-state index contributed by atoms with van der Waals surface area (Å²) in [5, 5.41) is 5.64. The summed E-state index contributed by atoms with van der Waals surface area (Å²) in [6, 6.07) is 12.5. The highest BCUT2D eigenvalue weighted by atomic mass is 16.5. The molecule has 0 radical (unpaired) electrons. The van der Waals surface area contributed by atoms with Gasteiger partial charge in [-0.1, -0.05) is 24.3 Å². The van der Waals surface area contributed by atoms with Gasteiger partial charge in [-0.3, -0.25) is 4.79 Å². The summed E-state index contributed by atoms with van der Waals surface area (Å²) in [5.74, 6) is 0.527. The van der Waals surface area contributed by atoms with Crippen LogP contribution in [0.4, 0.5) is 21.9 Å². The normalized spacial score (nSPS) is 15.1. The van der Waals surface area contributed by atoms with E-state index in [0.29, 0.717) is 23.7 Å². The summed E-state index contributed by atoms with van der Waals surface area (Å²) >= 11 is 0. The van der Waals surface area contributed by atoms with E-state index < -0.39 is 5.41 Å². The van der Waals surface area contributed by atoms with E-state index in [4.69, 9.17) is 4.74 Å². The Hall–Kier alpha value is -3.28. The summed E-state index contributed by atoms with van der Waals surface area (Å²) in [7, 11) is 0. The Morgan fingerprint density at radius 1 is 1.25 bits per heavy atom. The van der Waals surface area contributed by atoms with Gasteiger partial charge in [0.05, 0.1) is 11.1 Å². The molecule has 0 aromatic heterocycles. The van der Waals surface area contributed by atoms with E-state index in [0.717, 1.165) is 11.3 Å². The number of nitrogens with zero attached hydrogens (tertiary/aromatic N) is 1. The zero-order chi connectivity index (χ0) is 20.3. The number of benzene rings is 2. The van der Waals surface area contributed by atoms with Crippen LogP contribution in [-0.4, -0.2) is 25.1 Å². The molecule has 2 aromatic rings. The van der Waals surface area contributed by atoms with Gasteiger partial charge in [0.25, 0.3) is 0 Å². The van der Waals surface area contributed by atoms with Crippen molar-refractivity contribution in [2.75, 3.05) is 28.7 Å². The Kier molecular flexibility index (Phi) is 5.40. The van der Waals surface area contributed by atoms with Gasteiger partial charge in [0.1, 0.15) is 12.4 Å². The van der Waals surface area contributed by atoms with Crippen LogP contribution < -0.4 is 20.3 Å². The molecule has 0 saturated heterocycles. The van der Waals surface area contributed by atoms with Gasteiger partial charge >= 0.3 is 6.03 Å². The van der Waals surface area contributed by atoms with Crippen LogP contribution in [0.3, 0.4) is 0 Å². The SMILES string of the molecule is C=CCN1C(=O)C(C)(C)COc2cc(NC(=O)Nc3ccccc3C)ccc21. The summed E-state index contributed by atoms with van der Waals surface area (Å²) < 4.78 is 5.90. The molecule has 2 aromatic carbocycles. The lowest BCUT2D eigenvalue weighted by Gasteiger charge is -2.27. The second kappa shape index (κ2) is 7.76. The van der Waals surface area contributed by atoms with Crippen molar-refractivity contribution in [3.63, 3.8) is 0 Å². The second-order valence-electron chi connectivity index (χ2n) is 7.45. The number of hydrogen-bond donors (Lipinski definition) is 2. The van der Waals surface area contributed by atoms with Crippen LogP contribution in [0.5, 0.6) is 5.75 Å². The second-order valence-corrected chi connectivity index (χ2v) is 7.45. The number of hydrogen-bond acceptors (Lipinski definition) is 3. The third-order valence-corrected chi connectivity index (χ3v) is 4.63. The predicted octanol–water partition coefficient (Wildman–Crippen LogP) is 4.58. The first-order chi connectivity index (χ1) is 13.3. The fourth-order valence-electron chi connectivity index (χ4n) is 3.03. The van der Waals surface area contributed by atoms with E-state index in [1.54, 1.807) is 29.2 Å². The lowest BCUT2D eigenvalue weighted by atomic mass is 9.93.